The van der Waals surface area contributed by atoms with E-state index in [9.17, 15) is 14.4 Å². The third-order valence-corrected chi connectivity index (χ3v) is 8.58. The monoisotopic (exact) mass is 490 g/mol. The molecule has 8 nitrogen and oxygen atoms in total. The van der Waals surface area contributed by atoms with Crippen LogP contribution in [0, 0.1) is 0 Å². The van der Waals surface area contributed by atoms with E-state index in [1.54, 1.807) is 54.6 Å². The van der Waals surface area contributed by atoms with Gasteiger partial charge in [-0.05, 0) is 55.3 Å². The van der Waals surface area contributed by atoms with E-state index in [0.717, 1.165) is 40.1 Å². The summed E-state index contributed by atoms with van der Waals surface area (Å²) in [4.78, 5) is 43.2. The maximum absolute atomic E-state index is 13.7. The van der Waals surface area contributed by atoms with Crippen molar-refractivity contribution in [3.63, 3.8) is 0 Å². The molecule has 1 atom stereocenters. The van der Waals surface area contributed by atoms with Crippen LogP contribution in [0.1, 0.15) is 18.9 Å². The Labute approximate surface area is 197 Å². The number of imide groups is 1. The quantitative estimate of drug-likeness (QED) is 0.417. The number of hydrogen-bond acceptors (Lipinski definition) is 8. The van der Waals surface area contributed by atoms with Gasteiger partial charge in [-0.25, -0.2) is 9.78 Å². The topological polar surface area (TPSA) is 102 Å². The van der Waals surface area contributed by atoms with Gasteiger partial charge in [0.05, 0.1) is 27.6 Å². The minimum atomic E-state index is -0.648. The molecule has 3 heterocycles. The summed E-state index contributed by atoms with van der Waals surface area (Å²) in [6.07, 6.45) is 1.89. The number of hydrogen-bond donors (Lipinski definition) is 2. The SMILES string of the molecule is CNC(=O)NC(=O)[C@H](C)Sc1nc2sc3c(c2c(=O)n1-c1ccc(OC)cc1)CCCS3. The molecule has 0 bridgehead atoms. The van der Waals surface area contributed by atoms with Crippen LogP contribution in [0.4, 0.5) is 4.79 Å². The highest BCUT2D eigenvalue weighted by Gasteiger charge is 2.26. The van der Waals surface area contributed by atoms with Gasteiger partial charge in [0.2, 0.25) is 5.91 Å². The van der Waals surface area contributed by atoms with E-state index in [0.29, 0.717) is 26.8 Å². The lowest BCUT2D eigenvalue weighted by Crippen LogP contribution is -2.41. The summed E-state index contributed by atoms with van der Waals surface area (Å²) in [5, 5.41) is 5.04. The molecule has 11 heteroatoms. The Hall–Kier alpha value is -2.50. The highest BCUT2D eigenvalue weighted by molar-refractivity contribution is 8.01. The van der Waals surface area contributed by atoms with Crippen molar-refractivity contribution in [1.29, 1.82) is 0 Å². The van der Waals surface area contributed by atoms with Crippen molar-refractivity contribution in [2.45, 2.75) is 34.4 Å². The molecule has 0 radical (unpaired) electrons. The van der Waals surface area contributed by atoms with Crippen molar-refractivity contribution in [3.05, 3.63) is 40.2 Å². The second-order valence-electron chi connectivity index (χ2n) is 7.06. The number of urea groups is 1. The molecular formula is C21H22N4O4S3. The maximum Gasteiger partial charge on any atom is 0.321 e. The first-order chi connectivity index (χ1) is 15.4. The molecule has 32 heavy (non-hydrogen) atoms. The standard InChI is InChI=1S/C21H22N4O4S3/c1-11(16(26)23-20(28)22-2)31-21-24-17-15(14-5-4-10-30-19(14)32-17)18(27)25(21)12-6-8-13(29-3)9-7-12/h6-9,11H,4-5,10H2,1-3H3,(H2,22,23,26,28)/t11-/m0/s1. The highest BCUT2D eigenvalue weighted by Crippen LogP contribution is 2.41. The van der Waals surface area contributed by atoms with E-state index in [2.05, 4.69) is 10.6 Å². The largest absolute Gasteiger partial charge is 0.497 e. The summed E-state index contributed by atoms with van der Waals surface area (Å²) in [7, 11) is 3.02. The Morgan fingerprint density at radius 3 is 2.72 bits per heavy atom. The number of methoxy groups -OCH3 is 1. The Bertz CT molecular complexity index is 1240. The number of thioether (sulfide) groups is 2. The van der Waals surface area contributed by atoms with Crippen LogP contribution in [0.3, 0.4) is 0 Å². The fraction of sp³-hybridized carbons (Fsp3) is 0.333. The number of thiophene rings is 1. The van der Waals surface area contributed by atoms with E-state index in [1.807, 2.05) is 0 Å². The zero-order chi connectivity index (χ0) is 22.8. The summed E-state index contributed by atoms with van der Waals surface area (Å²) < 4.78 is 7.93. The Morgan fingerprint density at radius 2 is 2.03 bits per heavy atom. The number of nitrogens with zero attached hydrogens (tertiary/aromatic N) is 2. The first kappa shape index (κ1) is 22.7. The third-order valence-electron chi connectivity index (χ3n) is 5.01. The van der Waals surface area contributed by atoms with Gasteiger partial charge in [-0.1, -0.05) is 11.8 Å². The average Bonchev–Trinajstić information content (AvgIpc) is 3.17. The number of nitrogens with one attached hydrogen (secondary N) is 2. The molecule has 1 aliphatic rings. The van der Waals surface area contributed by atoms with Gasteiger partial charge in [0.15, 0.2) is 5.16 Å². The zero-order valence-electron chi connectivity index (χ0n) is 17.8. The lowest BCUT2D eigenvalue weighted by atomic mass is 10.1. The van der Waals surface area contributed by atoms with E-state index >= 15 is 0 Å². The molecule has 3 amide bonds. The second-order valence-corrected chi connectivity index (χ2v) is 10.7. The molecule has 0 saturated carbocycles. The molecule has 1 aliphatic heterocycles. The van der Waals surface area contributed by atoms with Crippen LogP contribution in [-0.4, -0.2) is 46.6 Å². The number of aromatic nitrogens is 2. The molecule has 0 unspecified atom stereocenters. The second kappa shape index (κ2) is 9.55. The molecular weight excluding hydrogens is 468 g/mol. The Balaban J connectivity index is 1.83. The predicted molar refractivity (Wildman–Crippen MR) is 129 cm³/mol. The van der Waals surface area contributed by atoms with Crippen LogP contribution in [0.25, 0.3) is 15.9 Å². The van der Waals surface area contributed by atoms with Crippen molar-refractivity contribution >= 4 is 57.0 Å². The van der Waals surface area contributed by atoms with Gasteiger partial charge in [-0.2, -0.15) is 0 Å². The number of fused-ring (bicyclic) bond motifs is 3. The fourth-order valence-electron chi connectivity index (χ4n) is 3.35. The van der Waals surface area contributed by atoms with Crippen LogP contribution >= 0.6 is 34.9 Å². The van der Waals surface area contributed by atoms with Crippen molar-refractivity contribution in [1.82, 2.24) is 20.2 Å². The van der Waals surface area contributed by atoms with Crippen LogP contribution in [0.15, 0.2) is 38.4 Å². The van der Waals surface area contributed by atoms with Crippen molar-refractivity contribution in [3.8, 4) is 11.4 Å². The molecule has 168 valence electrons. The van der Waals surface area contributed by atoms with Crippen LogP contribution in [-0.2, 0) is 11.2 Å². The van der Waals surface area contributed by atoms with Gasteiger partial charge in [0.1, 0.15) is 10.6 Å². The first-order valence-corrected chi connectivity index (χ1v) is 12.7. The molecule has 2 N–H and O–H groups in total. The predicted octanol–water partition coefficient (Wildman–Crippen LogP) is 3.43. The molecule has 1 aromatic carbocycles. The molecule has 4 rings (SSSR count). The minimum Gasteiger partial charge on any atom is -0.497 e. The molecule has 0 aliphatic carbocycles. The van der Waals surface area contributed by atoms with Gasteiger partial charge in [0, 0.05) is 7.05 Å². The lowest BCUT2D eigenvalue weighted by Gasteiger charge is -2.16. The maximum atomic E-state index is 13.7. The summed E-state index contributed by atoms with van der Waals surface area (Å²) in [6.45, 7) is 1.67. The summed E-state index contributed by atoms with van der Waals surface area (Å²) in [5.41, 5.74) is 1.56. The molecule has 0 fully saturated rings. The van der Waals surface area contributed by atoms with E-state index in [1.165, 1.54) is 18.4 Å². The van der Waals surface area contributed by atoms with E-state index in [-0.39, 0.29) is 5.56 Å². The summed E-state index contributed by atoms with van der Waals surface area (Å²) >= 11 is 4.43. The number of rotatable bonds is 5. The number of benzene rings is 1. The van der Waals surface area contributed by atoms with Crippen molar-refractivity contribution in [2.24, 2.45) is 0 Å². The van der Waals surface area contributed by atoms with Gasteiger partial charge < -0.3 is 10.1 Å². The zero-order valence-corrected chi connectivity index (χ0v) is 20.2. The van der Waals surface area contributed by atoms with E-state index < -0.39 is 17.2 Å². The van der Waals surface area contributed by atoms with Gasteiger partial charge in [-0.15, -0.1) is 23.1 Å². The number of carbonyl (C=O) groups excluding carboxylic acids is 2. The smallest absolute Gasteiger partial charge is 0.321 e. The number of ether oxygens (including phenoxy) is 1. The van der Waals surface area contributed by atoms with Crippen LogP contribution in [0.5, 0.6) is 5.75 Å². The van der Waals surface area contributed by atoms with Crippen LogP contribution < -0.4 is 20.9 Å². The summed E-state index contributed by atoms with van der Waals surface area (Å²) in [6, 6.07) is 6.56. The number of aryl methyl sites for hydroxylation is 1. The Kier molecular flexibility index (Phi) is 6.77. The first-order valence-electron chi connectivity index (χ1n) is 9.97. The molecule has 0 saturated heterocycles. The molecule has 0 spiro atoms. The number of carbonyl (C=O) groups is 2. The van der Waals surface area contributed by atoms with Gasteiger partial charge in [0.25, 0.3) is 5.56 Å². The van der Waals surface area contributed by atoms with Gasteiger partial charge in [-0.3, -0.25) is 19.5 Å². The molecule has 3 aromatic rings. The molecule has 2 aromatic heterocycles. The Morgan fingerprint density at radius 1 is 1.28 bits per heavy atom. The normalized spacial score (nSPS) is 14.0. The van der Waals surface area contributed by atoms with E-state index in [4.69, 9.17) is 9.72 Å². The highest BCUT2D eigenvalue weighted by atomic mass is 32.2. The number of amides is 3. The van der Waals surface area contributed by atoms with Crippen LogP contribution in [0.2, 0.25) is 0 Å². The third kappa shape index (κ3) is 4.37. The summed E-state index contributed by atoms with van der Waals surface area (Å²) in [5.74, 6) is 1.24. The van der Waals surface area contributed by atoms with Crippen molar-refractivity contribution < 1.29 is 14.3 Å². The van der Waals surface area contributed by atoms with Crippen molar-refractivity contribution in [2.75, 3.05) is 19.9 Å². The minimum absolute atomic E-state index is 0.151. The van der Waals surface area contributed by atoms with Gasteiger partial charge >= 0.3 is 6.03 Å². The fourth-order valence-corrected chi connectivity index (χ4v) is 6.85. The lowest BCUT2D eigenvalue weighted by molar-refractivity contribution is -0.119. The average molecular weight is 491 g/mol.